The second-order valence-electron chi connectivity index (χ2n) is 6.00. The van der Waals surface area contributed by atoms with Gasteiger partial charge in [-0.3, -0.25) is 0 Å². The van der Waals surface area contributed by atoms with Crippen LogP contribution in [0.5, 0.6) is 5.75 Å². The minimum absolute atomic E-state index is 0.0197. The molecule has 1 aromatic carbocycles. The molecule has 116 valence electrons. The molecule has 5 heteroatoms. The molecular formula is C16H22FNO2S. The van der Waals surface area contributed by atoms with Gasteiger partial charge < -0.3 is 15.2 Å². The van der Waals surface area contributed by atoms with Gasteiger partial charge in [-0.1, -0.05) is 6.07 Å². The summed E-state index contributed by atoms with van der Waals surface area (Å²) in [6.45, 7) is 0.733. The summed E-state index contributed by atoms with van der Waals surface area (Å²) in [5.74, 6) is 2.72. The van der Waals surface area contributed by atoms with Crippen LogP contribution in [-0.4, -0.2) is 30.8 Å². The van der Waals surface area contributed by atoms with Crippen LogP contribution in [-0.2, 0) is 4.74 Å². The third-order valence-corrected chi connectivity index (χ3v) is 5.90. The molecule has 0 aromatic heterocycles. The van der Waals surface area contributed by atoms with Crippen molar-refractivity contribution in [3.63, 3.8) is 0 Å². The lowest BCUT2D eigenvalue weighted by atomic mass is 9.79. The average molecular weight is 311 g/mol. The predicted octanol–water partition coefficient (Wildman–Crippen LogP) is 3.14. The third kappa shape index (κ3) is 3.05. The second kappa shape index (κ2) is 6.15. The van der Waals surface area contributed by atoms with Gasteiger partial charge in [-0.15, -0.1) is 0 Å². The van der Waals surface area contributed by atoms with Gasteiger partial charge in [-0.2, -0.15) is 11.8 Å². The lowest BCUT2D eigenvalue weighted by molar-refractivity contribution is -0.0835. The van der Waals surface area contributed by atoms with E-state index in [4.69, 9.17) is 15.2 Å². The van der Waals surface area contributed by atoms with Gasteiger partial charge in [-0.05, 0) is 37.0 Å². The van der Waals surface area contributed by atoms with E-state index in [1.807, 2.05) is 11.8 Å². The van der Waals surface area contributed by atoms with Crippen LogP contribution in [0.4, 0.5) is 4.39 Å². The summed E-state index contributed by atoms with van der Waals surface area (Å²) in [7, 11) is 1.54. The van der Waals surface area contributed by atoms with Gasteiger partial charge in [0, 0.05) is 30.0 Å². The SMILES string of the molecule is COc1ccc(C(N)C2CCOC3(CCSC3)C2)c(F)c1. The molecule has 0 bridgehead atoms. The first-order chi connectivity index (χ1) is 10.1. The summed E-state index contributed by atoms with van der Waals surface area (Å²) < 4.78 is 25.3. The van der Waals surface area contributed by atoms with Crippen LogP contribution in [0.25, 0.3) is 0 Å². The van der Waals surface area contributed by atoms with E-state index >= 15 is 0 Å². The van der Waals surface area contributed by atoms with Crippen LogP contribution in [0.3, 0.4) is 0 Å². The van der Waals surface area contributed by atoms with Crippen LogP contribution in [0.15, 0.2) is 18.2 Å². The van der Waals surface area contributed by atoms with Gasteiger partial charge >= 0.3 is 0 Å². The first-order valence-electron chi connectivity index (χ1n) is 7.44. The quantitative estimate of drug-likeness (QED) is 0.931. The van der Waals surface area contributed by atoms with Gasteiger partial charge in [-0.25, -0.2) is 4.39 Å². The van der Waals surface area contributed by atoms with Crippen molar-refractivity contribution >= 4 is 11.8 Å². The number of methoxy groups -OCH3 is 1. The molecule has 0 radical (unpaired) electrons. The Morgan fingerprint density at radius 1 is 1.52 bits per heavy atom. The molecule has 2 saturated heterocycles. The summed E-state index contributed by atoms with van der Waals surface area (Å²) in [5, 5.41) is 0. The lowest BCUT2D eigenvalue weighted by Gasteiger charge is -2.40. The maximum absolute atomic E-state index is 14.2. The van der Waals surface area contributed by atoms with Crippen LogP contribution < -0.4 is 10.5 Å². The van der Waals surface area contributed by atoms with E-state index in [0.717, 1.165) is 37.4 Å². The van der Waals surface area contributed by atoms with Crippen LogP contribution in [0, 0.1) is 11.7 Å². The van der Waals surface area contributed by atoms with Crippen LogP contribution in [0.2, 0.25) is 0 Å². The maximum Gasteiger partial charge on any atom is 0.131 e. The number of nitrogens with two attached hydrogens (primary N) is 1. The first-order valence-corrected chi connectivity index (χ1v) is 8.60. The zero-order chi connectivity index (χ0) is 14.9. The van der Waals surface area contributed by atoms with Crippen molar-refractivity contribution < 1.29 is 13.9 Å². The van der Waals surface area contributed by atoms with Crippen molar-refractivity contribution in [1.29, 1.82) is 0 Å². The second-order valence-corrected chi connectivity index (χ2v) is 7.11. The van der Waals surface area contributed by atoms with Crippen LogP contribution >= 0.6 is 11.8 Å². The van der Waals surface area contributed by atoms with Crippen molar-refractivity contribution in [3.05, 3.63) is 29.6 Å². The minimum Gasteiger partial charge on any atom is -0.497 e. The molecule has 0 amide bonds. The number of benzene rings is 1. The van der Waals surface area contributed by atoms with Gasteiger partial charge in [0.25, 0.3) is 0 Å². The highest BCUT2D eigenvalue weighted by atomic mass is 32.2. The number of rotatable bonds is 3. The van der Waals surface area contributed by atoms with E-state index in [0.29, 0.717) is 11.3 Å². The van der Waals surface area contributed by atoms with E-state index in [2.05, 4.69) is 0 Å². The highest BCUT2D eigenvalue weighted by Crippen LogP contribution is 2.43. The molecule has 3 nitrogen and oxygen atoms in total. The molecule has 2 aliphatic heterocycles. The predicted molar refractivity (Wildman–Crippen MR) is 83.2 cm³/mol. The van der Waals surface area contributed by atoms with Crippen LogP contribution in [0.1, 0.15) is 30.9 Å². The molecule has 3 rings (SSSR count). The minimum atomic E-state index is -0.276. The summed E-state index contributed by atoms with van der Waals surface area (Å²) in [4.78, 5) is 0. The van der Waals surface area contributed by atoms with Crippen molar-refractivity contribution in [2.75, 3.05) is 25.2 Å². The van der Waals surface area contributed by atoms with E-state index in [9.17, 15) is 4.39 Å². The number of halogens is 1. The molecule has 2 aliphatic rings. The topological polar surface area (TPSA) is 44.5 Å². The molecule has 1 aromatic rings. The average Bonchev–Trinajstić information content (AvgIpc) is 2.94. The highest BCUT2D eigenvalue weighted by Gasteiger charge is 2.42. The molecule has 2 fully saturated rings. The number of thioether (sulfide) groups is 1. The number of ether oxygens (including phenoxy) is 2. The molecule has 2 N–H and O–H groups in total. The number of hydrogen-bond acceptors (Lipinski definition) is 4. The van der Waals surface area contributed by atoms with E-state index in [1.165, 1.54) is 13.2 Å². The van der Waals surface area contributed by atoms with Crippen molar-refractivity contribution in [2.45, 2.75) is 30.9 Å². The Morgan fingerprint density at radius 3 is 3.05 bits per heavy atom. The molecule has 0 saturated carbocycles. The molecule has 3 unspecified atom stereocenters. The lowest BCUT2D eigenvalue weighted by Crippen LogP contribution is -2.42. The maximum atomic E-state index is 14.2. The zero-order valence-electron chi connectivity index (χ0n) is 12.3. The molecule has 21 heavy (non-hydrogen) atoms. The highest BCUT2D eigenvalue weighted by molar-refractivity contribution is 7.99. The summed E-state index contributed by atoms with van der Waals surface area (Å²) in [6.07, 6.45) is 2.93. The fraction of sp³-hybridized carbons (Fsp3) is 0.625. The Labute approximate surface area is 129 Å². The Hall–Kier alpha value is -0.780. The monoisotopic (exact) mass is 311 g/mol. The Kier molecular flexibility index (Phi) is 4.43. The van der Waals surface area contributed by atoms with E-state index in [1.54, 1.807) is 12.1 Å². The third-order valence-electron chi connectivity index (χ3n) is 4.67. The summed E-state index contributed by atoms with van der Waals surface area (Å²) in [5.41, 5.74) is 6.94. The molecule has 3 atom stereocenters. The van der Waals surface area contributed by atoms with E-state index in [-0.39, 0.29) is 23.4 Å². The first kappa shape index (κ1) is 15.1. The van der Waals surface area contributed by atoms with E-state index < -0.39 is 0 Å². The van der Waals surface area contributed by atoms with Crippen molar-refractivity contribution in [3.8, 4) is 5.75 Å². The molecule has 0 aliphatic carbocycles. The van der Waals surface area contributed by atoms with Gasteiger partial charge in [0.2, 0.25) is 0 Å². The fourth-order valence-electron chi connectivity index (χ4n) is 3.39. The van der Waals surface area contributed by atoms with Gasteiger partial charge in [0.15, 0.2) is 0 Å². The molecular weight excluding hydrogens is 289 g/mol. The van der Waals surface area contributed by atoms with Crippen molar-refractivity contribution in [1.82, 2.24) is 0 Å². The largest absolute Gasteiger partial charge is 0.497 e. The number of hydrogen-bond donors (Lipinski definition) is 1. The van der Waals surface area contributed by atoms with Gasteiger partial charge in [0.05, 0.1) is 12.7 Å². The van der Waals surface area contributed by atoms with Crippen molar-refractivity contribution in [2.24, 2.45) is 11.7 Å². The Bertz CT molecular complexity index is 505. The summed E-state index contributed by atoms with van der Waals surface area (Å²) in [6, 6.07) is 4.67. The Morgan fingerprint density at radius 2 is 2.38 bits per heavy atom. The molecule has 1 spiro atoms. The van der Waals surface area contributed by atoms with Gasteiger partial charge in [0.1, 0.15) is 11.6 Å². The smallest absolute Gasteiger partial charge is 0.131 e. The molecule has 2 heterocycles. The zero-order valence-corrected chi connectivity index (χ0v) is 13.1. The summed E-state index contributed by atoms with van der Waals surface area (Å²) >= 11 is 1.94. The normalized spacial score (nSPS) is 30.5. The Balaban J connectivity index is 1.76. The fourth-order valence-corrected chi connectivity index (χ4v) is 4.77. The standard InChI is InChI=1S/C16H22FNO2S/c1-19-12-2-3-13(14(17)8-12)15(18)11-4-6-20-16(9-11)5-7-21-10-16/h2-3,8,11,15H,4-7,9-10,18H2,1H3.